The number of hydrogen-bond donors (Lipinski definition) is 1. The number of rotatable bonds is 2. The molecule has 94 valence electrons. The minimum atomic E-state index is 0.658. The zero-order valence-corrected chi connectivity index (χ0v) is 10.5. The van der Waals surface area contributed by atoms with Crippen LogP contribution in [-0.4, -0.2) is 18.6 Å². The monoisotopic (exact) mass is 241 g/mol. The number of fused-ring (bicyclic) bond motifs is 2. The first kappa shape index (κ1) is 11.6. The first-order chi connectivity index (χ1) is 8.81. The van der Waals surface area contributed by atoms with Crippen LogP contribution in [0.2, 0.25) is 0 Å². The van der Waals surface area contributed by atoms with Gasteiger partial charge in [0, 0.05) is 17.8 Å². The van der Waals surface area contributed by atoms with Gasteiger partial charge in [0.05, 0.1) is 11.6 Å². The molecule has 1 aromatic carbocycles. The number of nitrogens with zero attached hydrogens (tertiary/aromatic N) is 2. The minimum absolute atomic E-state index is 0.658. The quantitative estimate of drug-likeness (QED) is 0.864. The predicted octanol–water partition coefficient (Wildman–Crippen LogP) is 2.26. The fraction of sp³-hybridized carbons (Fsp3) is 0.533. The Morgan fingerprint density at radius 3 is 2.28 bits per heavy atom. The summed E-state index contributed by atoms with van der Waals surface area (Å²) in [5, 5.41) is 8.84. The Balaban J connectivity index is 1.83. The molecule has 2 unspecified atom stereocenters. The first-order valence-electron chi connectivity index (χ1n) is 6.80. The van der Waals surface area contributed by atoms with Crippen LogP contribution in [-0.2, 0) is 0 Å². The zero-order chi connectivity index (χ0) is 12.5. The molecule has 0 amide bonds. The minimum Gasteiger partial charge on any atom is -0.366 e. The Hall–Kier alpha value is -1.53. The number of hydrogen-bond acceptors (Lipinski definition) is 3. The SMILES string of the molecule is N#Cc1ccc(N2C3CCC2CC(CN)C3)cc1. The van der Waals surface area contributed by atoms with Gasteiger partial charge in [0.25, 0.3) is 0 Å². The van der Waals surface area contributed by atoms with Crippen LogP contribution in [0.3, 0.4) is 0 Å². The van der Waals surface area contributed by atoms with E-state index in [9.17, 15) is 0 Å². The molecule has 0 aliphatic carbocycles. The molecule has 3 nitrogen and oxygen atoms in total. The highest BCUT2D eigenvalue weighted by atomic mass is 15.2. The van der Waals surface area contributed by atoms with Gasteiger partial charge in [-0.25, -0.2) is 0 Å². The molecular weight excluding hydrogens is 222 g/mol. The van der Waals surface area contributed by atoms with Crippen LogP contribution in [0.15, 0.2) is 24.3 Å². The maximum absolute atomic E-state index is 8.84. The van der Waals surface area contributed by atoms with Crippen molar-refractivity contribution in [2.45, 2.75) is 37.8 Å². The molecule has 0 aromatic heterocycles. The highest BCUT2D eigenvalue weighted by Crippen LogP contribution is 2.41. The lowest BCUT2D eigenvalue weighted by Crippen LogP contribution is -2.44. The zero-order valence-electron chi connectivity index (χ0n) is 10.5. The van der Waals surface area contributed by atoms with E-state index in [2.05, 4.69) is 23.1 Å². The fourth-order valence-corrected chi connectivity index (χ4v) is 3.61. The lowest BCUT2D eigenvalue weighted by atomic mass is 9.90. The molecule has 1 aromatic rings. The molecule has 2 atom stereocenters. The van der Waals surface area contributed by atoms with E-state index < -0.39 is 0 Å². The Morgan fingerprint density at radius 1 is 1.17 bits per heavy atom. The lowest BCUT2D eigenvalue weighted by molar-refractivity contribution is 0.347. The number of nitriles is 1. The van der Waals surface area contributed by atoms with E-state index in [0.29, 0.717) is 18.0 Å². The molecule has 2 fully saturated rings. The summed E-state index contributed by atoms with van der Waals surface area (Å²) in [5.41, 5.74) is 7.84. The topological polar surface area (TPSA) is 53.0 Å². The summed E-state index contributed by atoms with van der Waals surface area (Å²) >= 11 is 0. The van der Waals surface area contributed by atoms with Crippen LogP contribution in [0.5, 0.6) is 0 Å². The van der Waals surface area contributed by atoms with Crippen molar-refractivity contribution in [3.05, 3.63) is 29.8 Å². The summed E-state index contributed by atoms with van der Waals surface area (Å²) in [7, 11) is 0. The molecule has 2 saturated heterocycles. The summed E-state index contributed by atoms with van der Waals surface area (Å²) in [6.45, 7) is 0.828. The molecule has 0 radical (unpaired) electrons. The van der Waals surface area contributed by atoms with Crippen molar-refractivity contribution in [3.63, 3.8) is 0 Å². The van der Waals surface area contributed by atoms with Gasteiger partial charge in [0.1, 0.15) is 0 Å². The summed E-state index contributed by atoms with van der Waals surface area (Å²) in [4.78, 5) is 2.56. The summed E-state index contributed by atoms with van der Waals surface area (Å²) < 4.78 is 0. The molecule has 2 aliphatic heterocycles. The highest BCUT2D eigenvalue weighted by Gasteiger charge is 2.40. The second-order valence-corrected chi connectivity index (χ2v) is 5.52. The molecule has 0 spiro atoms. The van der Waals surface area contributed by atoms with Crippen molar-refractivity contribution in [1.29, 1.82) is 5.26 Å². The molecule has 2 aliphatic rings. The predicted molar refractivity (Wildman–Crippen MR) is 72.2 cm³/mol. The van der Waals surface area contributed by atoms with E-state index in [1.165, 1.54) is 31.4 Å². The molecule has 0 saturated carbocycles. The summed E-state index contributed by atoms with van der Waals surface area (Å²) in [6, 6.07) is 11.5. The lowest BCUT2D eigenvalue weighted by Gasteiger charge is -2.40. The summed E-state index contributed by atoms with van der Waals surface area (Å²) in [6.07, 6.45) is 5.04. The Kier molecular flexibility index (Phi) is 2.97. The first-order valence-corrected chi connectivity index (χ1v) is 6.80. The second-order valence-electron chi connectivity index (χ2n) is 5.52. The summed E-state index contributed by atoms with van der Waals surface area (Å²) in [5.74, 6) is 0.706. The van der Waals surface area contributed by atoms with Gasteiger partial charge in [-0.05, 0) is 62.4 Å². The van der Waals surface area contributed by atoms with E-state index in [1.54, 1.807) is 0 Å². The van der Waals surface area contributed by atoms with E-state index >= 15 is 0 Å². The van der Waals surface area contributed by atoms with Crippen molar-refractivity contribution in [2.24, 2.45) is 11.7 Å². The Labute approximate surface area is 108 Å². The molecule has 18 heavy (non-hydrogen) atoms. The molecule has 2 heterocycles. The van der Waals surface area contributed by atoms with E-state index in [1.807, 2.05) is 12.1 Å². The number of benzene rings is 1. The van der Waals surface area contributed by atoms with Crippen LogP contribution >= 0.6 is 0 Å². The third-order valence-corrected chi connectivity index (χ3v) is 4.46. The van der Waals surface area contributed by atoms with Crippen molar-refractivity contribution < 1.29 is 0 Å². The largest absolute Gasteiger partial charge is 0.366 e. The van der Waals surface area contributed by atoms with Gasteiger partial charge in [0.15, 0.2) is 0 Å². The van der Waals surface area contributed by atoms with Gasteiger partial charge in [-0.3, -0.25) is 0 Å². The van der Waals surface area contributed by atoms with Gasteiger partial charge < -0.3 is 10.6 Å². The van der Waals surface area contributed by atoms with E-state index in [4.69, 9.17) is 11.0 Å². The van der Waals surface area contributed by atoms with Gasteiger partial charge >= 0.3 is 0 Å². The highest BCUT2D eigenvalue weighted by molar-refractivity contribution is 5.52. The van der Waals surface area contributed by atoms with Gasteiger partial charge in [-0.15, -0.1) is 0 Å². The molecule has 2 bridgehead atoms. The van der Waals surface area contributed by atoms with Gasteiger partial charge in [-0.1, -0.05) is 0 Å². The molecule has 2 N–H and O–H groups in total. The van der Waals surface area contributed by atoms with Crippen LogP contribution in [0.4, 0.5) is 5.69 Å². The third kappa shape index (κ3) is 1.87. The van der Waals surface area contributed by atoms with Crippen molar-refractivity contribution in [1.82, 2.24) is 0 Å². The average Bonchev–Trinajstić information content (AvgIpc) is 2.69. The number of nitrogens with two attached hydrogens (primary N) is 1. The normalized spacial score (nSPS) is 30.2. The van der Waals surface area contributed by atoms with Crippen LogP contribution in [0.1, 0.15) is 31.2 Å². The van der Waals surface area contributed by atoms with E-state index in [-0.39, 0.29) is 0 Å². The van der Waals surface area contributed by atoms with Crippen LogP contribution in [0, 0.1) is 17.2 Å². The van der Waals surface area contributed by atoms with E-state index in [0.717, 1.165) is 12.1 Å². The maximum atomic E-state index is 8.84. The third-order valence-electron chi connectivity index (χ3n) is 4.46. The standard InChI is InChI=1S/C15H19N3/c16-9-11-1-3-13(4-2-11)18-14-5-6-15(18)8-12(7-14)10-17/h1-4,12,14-15H,5-8,10,17H2. The van der Waals surface area contributed by atoms with Gasteiger partial charge in [-0.2, -0.15) is 5.26 Å². The molecular formula is C15H19N3. The fourth-order valence-electron chi connectivity index (χ4n) is 3.61. The van der Waals surface area contributed by atoms with Gasteiger partial charge in [0.2, 0.25) is 0 Å². The van der Waals surface area contributed by atoms with Crippen molar-refractivity contribution in [2.75, 3.05) is 11.4 Å². The number of anilines is 1. The van der Waals surface area contributed by atoms with Crippen LogP contribution < -0.4 is 10.6 Å². The molecule has 3 rings (SSSR count). The average molecular weight is 241 g/mol. The smallest absolute Gasteiger partial charge is 0.0991 e. The molecule has 3 heteroatoms. The second kappa shape index (κ2) is 4.62. The van der Waals surface area contributed by atoms with Crippen molar-refractivity contribution in [3.8, 4) is 6.07 Å². The number of piperidine rings is 1. The Bertz CT molecular complexity index is 446. The Morgan fingerprint density at radius 2 is 1.78 bits per heavy atom. The van der Waals surface area contributed by atoms with Crippen molar-refractivity contribution >= 4 is 5.69 Å². The van der Waals surface area contributed by atoms with Crippen LogP contribution in [0.25, 0.3) is 0 Å². The maximum Gasteiger partial charge on any atom is 0.0991 e.